The molecule has 0 radical (unpaired) electrons. The zero-order valence-corrected chi connectivity index (χ0v) is 13.4. The van der Waals surface area contributed by atoms with E-state index in [0.29, 0.717) is 18.0 Å². The number of hydrogen-bond donors (Lipinski definition) is 2. The molecule has 0 unspecified atom stereocenters. The van der Waals surface area contributed by atoms with Crippen molar-refractivity contribution >= 4 is 29.0 Å². The first-order valence-electron chi connectivity index (χ1n) is 6.70. The van der Waals surface area contributed by atoms with Crippen LogP contribution in [0.25, 0.3) is 10.8 Å². The van der Waals surface area contributed by atoms with E-state index in [1.807, 2.05) is 13.0 Å². The molecule has 114 valence electrons. The van der Waals surface area contributed by atoms with Gasteiger partial charge in [-0.2, -0.15) is 11.8 Å². The normalized spacial score (nSPS) is 10.8. The van der Waals surface area contributed by atoms with Crippen LogP contribution < -0.4 is 5.32 Å². The smallest absolute Gasteiger partial charge is 0.271 e. The fraction of sp³-hybridized carbons (Fsp3) is 0.429. The zero-order chi connectivity index (χ0) is 15.1. The first kappa shape index (κ1) is 16.1. The number of hydrogen-bond acceptors (Lipinski definition) is 6. The number of nitrogens with zero attached hydrogens (tertiary/aromatic N) is 1. The van der Waals surface area contributed by atoms with Gasteiger partial charge in [-0.1, -0.05) is 0 Å². The summed E-state index contributed by atoms with van der Waals surface area (Å²) in [6, 6.07) is 3.63. The molecule has 0 fully saturated rings. The Hall–Kier alpha value is -1.31. The van der Waals surface area contributed by atoms with E-state index in [9.17, 15) is 4.79 Å². The minimum atomic E-state index is -0.149. The van der Waals surface area contributed by atoms with Gasteiger partial charge < -0.3 is 14.8 Å². The molecule has 21 heavy (non-hydrogen) atoms. The van der Waals surface area contributed by atoms with Crippen molar-refractivity contribution in [3.63, 3.8) is 0 Å². The van der Waals surface area contributed by atoms with Gasteiger partial charge in [0.05, 0.1) is 6.26 Å². The highest BCUT2D eigenvalue weighted by Crippen LogP contribution is 2.27. The second-order valence-electron chi connectivity index (χ2n) is 4.35. The number of aliphatic hydroxyl groups is 1. The average molecular weight is 326 g/mol. The highest BCUT2D eigenvalue weighted by atomic mass is 32.2. The largest absolute Gasteiger partial charge is 0.462 e. The van der Waals surface area contributed by atoms with Crippen molar-refractivity contribution in [2.75, 3.05) is 24.7 Å². The lowest BCUT2D eigenvalue weighted by Gasteiger charge is -2.03. The van der Waals surface area contributed by atoms with Crippen LogP contribution in [0.5, 0.6) is 0 Å². The third-order valence-corrected chi connectivity index (χ3v) is 4.78. The molecule has 2 aromatic rings. The molecule has 0 saturated carbocycles. The molecule has 1 amide bonds. The van der Waals surface area contributed by atoms with Crippen LogP contribution in [-0.2, 0) is 0 Å². The summed E-state index contributed by atoms with van der Waals surface area (Å²) in [6.07, 6.45) is 2.38. The van der Waals surface area contributed by atoms with Crippen LogP contribution in [-0.4, -0.2) is 40.7 Å². The van der Waals surface area contributed by atoms with Crippen LogP contribution in [0, 0.1) is 6.92 Å². The van der Waals surface area contributed by atoms with Crippen molar-refractivity contribution in [2.24, 2.45) is 0 Å². The van der Waals surface area contributed by atoms with Gasteiger partial charge in [0, 0.05) is 23.8 Å². The summed E-state index contributed by atoms with van der Waals surface area (Å²) in [7, 11) is 0. The molecular formula is C14H18N2O3S2. The topological polar surface area (TPSA) is 75.4 Å². The predicted molar refractivity (Wildman–Crippen MR) is 85.9 cm³/mol. The van der Waals surface area contributed by atoms with Gasteiger partial charge in [0.2, 0.25) is 0 Å². The second-order valence-corrected chi connectivity index (χ2v) is 6.77. The first-order valence-corrected chi connectivity index (χ1v) is 8.67. The number of aliphatic hydroxyl groups excluding tert-OH is 1. The van der Waals surface area contributed by atoms with Crippen LogP contribution in [0.1, 0.15) is 21.8 Å². The van der Waals surface area contributed by atoms with Crippen molar-refractivity contribution in [1.29, 1.82) is 0 Å². The fourth-order valence-electron chi connectivity index (χ4n) is 1.70. The highest BCUT2D eigenvalue weighted by Gasteiger charge is 2.16. The Morgan fingerprint density at radius 3 is 3.10 bits per heavy atom. The molecule has 0 aliphatic rings. The Balaban J connectivity index is 1.85. The third kappa shape index (κ3) is 4.59. The molecule has 2 aromatic heterocycles. The summed E-state index contributed by atoms with van der Waals surface area (Å²) in [5, 5.41) is 12.3. The molecule has 0 aliphatic carbocycles. The van der Waals surface area contributed by atoms with E-state index >= 15 is 0 Å². The van der Waals surface area contributed by atoms with Crippen molar-refractivity contribution < 1.29 is 14.3 Å². The standard InChI is InChI=1S/C14H18N2O3S2/c1-10-12(13(18)15-5-9-20-8-3-6-17)16-14(21-10)11-4-2-7-19-11/h2,4,7,17H,3,5-6,8-9H2,1H3,(H,15,18). The lowest BCUT2D eigenvalue weighted by atomic mass is 10.3. The number of nitrogens with one attached hydrogen (secondary N) is 1. The van der Waals surface area contributed by atoms with E-state index in [2.05, 4.69) is 10.3 Å². The molecule has 0 atom stereocenters. The molecule has 0 aromatic carbocycles. The van der Waals surface area contributed by atoms with Crippen molar-refractivity contribution in [1.82, 2.24) is 10.3 Å². The lowest BCUT2D eigenvalue weighted by Crippen LogP contribution is -2.26. The Labute approximate surface area is 131 Å². The Bertz CT molecular complexity index is 567. The van der Waals surface area contributed by atoms with Gasteiger partial charge in [-0.25, -0.2) is 4.98 Å². The van der Waals surface area contributed by atoms with Crippen molar-refractivity contribution in [2.45, 2.75) is 13.3 Å². The van der Waals surface area contributed by atoms with Gasteiger partial charge in [0.1, 0.15) is 5.69 Å². The van der Waals surface area contributed by atoms with E-state index in [4.69, 9.17) is 9.52 Å². The maximum Gasteiger partial charge on any atom is 0.271 e. The second kappa shape index (κ2) is 8.21. The maximum atomic E-state index is 12.1. The molecule has 0 aliphatic heterocycles. The van der Waals surface area contributed by atoms with Crippen LogP contribution in [0.3, 0.4) is 0 Å². The van der Waals surface area contributed by atoms with Gasteiger partial charge in [0.15, 0.2) is 10.8 Å². The Kier molecular flexibility index (Phi) is 6.28. The predicted octanol–water partition coefficient (Wildman–Crippen LogP) is 2.56. The van der Waals surface area contributed by atoms with Crippen molar-refractivity contribution in [3.05, 3.63) is 29.0 Å². The number of thiazole rings is 1. The molecule has 2 N–H and O–H groups in total. The number of amides is 1. The lowest BCUT2D eigenvalue weighted by molar-refractivity contribution is 0.0951. The van der Waals surface area contributed by atoms with E-state index in [1.165, 1.54) is 11.3 Å². The molecule has 7 heteroatoms. The number of carbonyl (C=O) groups is 1. The molecule has 5 nitrogen and oxygen atoms in total. The number of aryl methyl sites for hydroxylation is 1. The Morgan fingerprint density at radius 1 is 1.52 bits per heavy atom. The van der Waals surface area contributed by atoms with Gasteiger partial charge in [-0.05, 0) is 31.2 Å². The zero-order valence-electron chi connectivity index (χ0n) is 11.8. The van der Waals surface area contributed by atoms with Gasteiger partial charge in [0.25, 0.3) is 5.91 Å². The molecule has 0 spiro atoms. The van der Waals surface area contributed by atoms with Crippen LogP contribution >= 0.6 is 23.1 Å². The number of rotatable bonds is 8. The summed E-state index contributed by atoms with van der Waals surface area (Å²) in [5.74, 6) is 2.27. The first-order chi connectivity index (χ1) is 10.2. The van der Waals surface area contributed by atoms with Crippen LogP contribution in [0.4, 0.5) is 0 Å². The summed E-state index contributed by atoms with van der Waals surface area (Å²) in [4.78, 5) is 17.3. The summed E-state index contributed by atoms with van der Waals surface area (Å²) in [6.45, 7) is 2.70. The third-order valence-electron chi connectivity index (χ3n) is 2.72. The number of carbonyl (C=O) groups excluding carboxylic acids is 1. The Morgan fingerprint density at radius 2 is 2.38 bits per heavy atom. The summed E-state index contributed by atoms with van der Waals surface area (Å²) < 4.78 is 5.30. The van der Waals surface area contributed by atoms with Crippen LogP contribution in [0.2, 0.25) is 0 Å². The van der Waals surface area contributed by atoms with E-state index < -0.39 is 0 Å². The minimum absolute atomic E-state index is 0.149. The van der Waals surface area contributed by atoms with Gasteiger partial charge in [-0.15, -0.1) is 11.3 Å². The quantitative estimate of drug-likeness (QED) is 0.729. The van der Waals surface area contributed by atoms with E-state index in [0.717, 1.165) is 27.8 Å². The summed E-state index contributed by atoms with van der Waals surface area (Å²) in [5.41, 5.74) is 0.465. The average Bonchev–Trinajstić information content (AvgIpc) is 3.11. The molecular weight excluding hydrogens is 308 g/mol. The highest BCUT2D eigenvalue weighted by molar-refractivity contribution is 7.99. The minimum Gasteiger partial charge on any atom is -0.462 e. The van der Waals surface area contributed by atoms with Crippen LogP contribution in [0.15, 0.2) is 22.8 Å². The molecule has 2 rings (SSSR count). The van der Waals surface area contributed by atoms with Gasteiger partial charge in [-0.3, -0.25) is 4.79 Å². The SMILES string of the molecule is Cc1sc(-c2ccco2)nc1C(=O)NCCSCCCO. The number of aromatic nitrogens is 1. The maximum absolute atomic E-state index is 12.1. The monoisotopic (exact) mass is 326 g/mol. The number of thioether (sulfide) groups is 1. The van der Waals surface area contributed by atoms with E-state index in [1.54, 1.807) is 24.1 Å². The fourth-order valence-corrected chi connectivity index (χ4v) is 3.36. The molecule has 2 heterocycles. The molecule has 0 saturated heterocycles. The van der Waals surface area contributed by atoms with Crippen molar-refractivity contribution in [3.8, 4) is 10.8 Å². The molecule has 0 bridgehead atoms. The van der Waals surface area contributed by atoms with Gasteiger partial charge >= 0.3 is 0 Å². The summed E-state index contributed by atoms with van der Waals surface area (Å²) >= 11 is 3.17. The number of furan rings is 1. The van der Waals surface area contributed by atoms with E-state index in [-0.39, 0.29) is 12.5 Å².